The van der Waals surface area contributed by atoms with E-state index in [1.807, 2.05) is 0 Å². The first kappa shape index (κ1) is 49.5. The van der Waals surface area contributed by atoms with Gasteiger partial charge in [-0.2, -0.15) is 52.7 Å². The number of benzene rings is 5. The van der Waals surface area contributed by atoms with E-state index in [1.54, 1.807) is 57.2 Å². The Morgan fingerprint density at radius 1 is 0.543 bits per heavy atom. The van der Waals surface area contributed by atoms with Gasteiger partial charge < -0.3 is 17.0 Å². The molecule has 2 aliphatic rings. The Morgan fingerprint density at radius 2 is 0.971 bits per heavy atom. The molecule has 0 saturated carbocycles. The second-order valence-corrected chi connectivity index (χ2v) is 19.2. The SMILES string of the molecule is COc1ccc(C2=IN3C(=C(c4c(C)cc(C)cc4C)c4c(-c5cc(C(F)(F)F)cc(C(F)(F)F)c5)cc(-c5ccc(OC)cc5)n4[B-]3(C#N)C#N)C(c3cc(C(F)(F)F)cc(C(F)(F)F)c3)=C2)cc1. The standard InChI is InChI=1S/C50H33BF12IN4O2/c1-26-14-27(2)43(28(3)15-26)44-45-40(32-18-35(49(58,59)60)21-36(19-32)50(61,62)63)23-42(30-8-12-38(70-5)13-9-30)67(45)51(24-65,25-66)68-46(44)39(22-41(64-68)29-6-10-37(69-4)11-7-29)31-16-33(47(52,53)54)20-34(17-31)48(55,56)57/h6-23H,1-5H3/q-1. The third kappa shape index (κ3) is 8.71. The highest BCUT2D eigenvalue weighted by Gasteiger charge is 2.49. The fourth-order valence-corrected chi connectivity index (χ4v) is 12.2. The van der Waals surface area contributed by atoms with Crippen LogP contribution in [0.5, 0.6) is 11.5 Å². The molecule has 70 heavy (non-hydrogen) atoms. The average Bonchev–Trinajstić information content (AvgIpc) is 3.70. The van der Waals surface area contributed by atoms with Crippen LogP contribution in [0.1, 0.15) is 61.3 Å². The number of nitrogens with zero attached hydrogens (tertiary/aromatic N) is 4. The predicted octanol–water partition coefficient (Wildman–Crippen LogP) is 14.5. The van der Waals surface area contributed by atoms with Crippen molar-refractivity contribution in [1.29, 1.82) is 10.5 Å². The van der Waals surface area contributed by atoms with Gasteiger partial charge >= 0.3 is 31.1 Å². The molecule has 0 radical (unpaired) electrons. The number of hydrogen-bond acceptors (Lipinski definition) is 5. The fourth-order valence-electron chi connectivity index (χ4n) is 8.94. The minimum atomic E-state index is -5.35. The molecule has 6 aromatic rings. The molecule has 0 saturated heterocycles. The van der Waals surface area contributed by atoms with Crippen LogP contribution < -0.4 is 9.47 Å². The maximum absolute atomic E-state index is 14.8. The molecule has 6 nitrogen and oxygen atoms in total. The van der Waals surface area contributed by atoms with Crippen LogP contribution in [0.3, 0.4) is 0 Å². The minimum absolute atomic E-state index is 0.0507. The zero-order valence-corrected chi connectivity index (χ0v) is 39.1. The summed E-state index contributed by atoms with van der Waals surface area (Å²) < 4.78 is 190. The van der Waals surface area contributed by atoms with Gasteiger partial charge in [0.2, 0.25) is 0 Å². The molecule has 3 heterocycles. The topological polar surface area (TPSA) is 74.2 Å². The number of ether oxygens (including phenoxy) is 2. The molecule has 1 aromatic heterocycles. The summed E-state index contributed by atoms with van der Waals surface area (Å²) in [5.41, 5.74) is -7.27. The molecule has 0 N–H and O–H groups in total. The lowest BCUT2D eigenvalue weighted by Gasteiger charge is -2.51. The summed E-state index contributed by atoms with van der Waals surface area (Å²) in [7, 11) is 2.76. The van der Waals surface area contributed by atoms with E-state index in [0.717, 1.165) is 0 Å². The molecule has 360 valence electrons. The van der Waals surface area contributed by atoms with Gasteiger partial charge in [0.25, 0.3) is 0 Å². The monoisotopic (exact) mass is 1090 g/mol. The van der Waals surface area contributed by atoms with Gasteiger partial charge in [0.1, 0.15) is 11.5 Å². The second-order valence-electron chi connectivity index (χ2n) is 16.5. The van der Waals surface area contributed by atoms with Crippen LogP contribution in [-0.4, -0.2) is 31.6 Å². The summed E-state index contributed by atoms with van der Waals surface area (Å²) in [6.07, 6.45) is -23.8. The highest BCUT2D eigenvalue weighted by Crippen LogP contribution is 2.56. The summed E-state index contributed by atoms with van der Waals surface area (Å²) in [4.78, 5) is 0. The average molecular weight is 1090 g/mol. The number of nitriles is 2. The first-order valence-corrected chi connectivity index (χ1v) is 22.8. The third-order valence-electron chi connectivity index (χ3n) is 12.0. The molecular formula is C50H33BF12IN4O2-. The van der Waals surface area contributed by atoms with E-state index >= 15 is 0 Å². The maximum Gasteiger partial charge on any atom is 0.416 e. The Labute approximate surface area is 402 Å². The van der Waals surface area contributed by atoms with Crippen LogP contribution in [0.15, 0.2) is 115 Å². The zero-order valence-electron chi connectivity index (χ0n) is 37.0. The first-order valence-electron chi connectivity index (χ1n) is 20.7. The summed E-state index contributed by atoms with van der Waals surface area (Å²) in [5.74, 6) is 4.93. The van der Waals surface area contributed by atoms with Gasteiger partial charge in [0, 0.05) is 37.3 Å². The molecule has 0 amide bonds. The number of halogens is 13. The molecular weight excluding hydrogens is 1050 g/mol. The van der Waals surface area contributed by atoms with Gasteiger partial charge in [0.05, 0.1) is 36.5 Å². The van der Waals surface area contributed by atoms with Crippen LogP contribution in [-0.2, 0) is 24.7 Å². The number of fused-ring (bicyclic) bond motifs is 2. The van der Waals surface area contributed by atoms with E-state index in [4.69, 9.17) is 9.47 Å². The lowest BCUT2D eigenvalue weighted by Crippen LogP contribution is -2.57. The van der Waals surface area contributed by atoms with E-state index in [1.165, 1.54) is 58.1 Å². The lowest BCUT2D eigenvalue weighted by atomic mass is 9.47. The largest absolute Gasteiger partial charge is 0.497 e. The summed E-state index contributed by atoms with van der Waals surface area (Å²) >= 11 is -1.96. The Kier molecular flexibility index (Phi) is 12.4. The van der Waals surface area contributed by atoms with Crippen LogP contribution in [0.25, 0.3) is 33.5 Å². The summed E-state index contributed by atoms with van der Waals surface area (Å²) in [6.45, 7) is 4.99. The van der Waals surface area contributed by atoms with Crippen molar-refractivity contribution in [3.8, 4) is 45.8 Å². The molecule has 0 fully saturated rings. The van der Waals surface area contributed by atoms with Crippen molar-refractivity contribution < 1.29 is 62.2 Å². The van der Waals surface area contributed by atoms with Gasteiger partial charge in [-0.25, -0.2) is 10.5 Å². The molecule has 0 unspecified atom stereocenters. The Balaban J connectivity index is 1.67. The zero-order chi connectivity index (χ0) is 51.0. The van der Waals surface area contributed by atoms with Crippen molar-refractivity contribution in [2.75, 3.05) is 14.2 Å². The number of methoxy groups -OCH3 is 2. The third-order valence-corrected chi connectivity index (χ3v) is 15.2. The van der Waals surface area contributed by atoms with E-state index < -0.39 is 85.5 Å². The van der Waals surface area contributed by atoms with Crippen molar-refractivity contribution in [3.05, 3.63) is 176 Å². The highest BCUT2D eigenvalue weighted by atomic mass is 127. The molecule has 0 spiro atoms. The predicted molar refractivity (Wildman–Crippen MR) is 248 cm³/mol. The van der Waals surface area contributed by atoms with E-state index in [0.29, 0.717) is 61.5 Å². The van der Waals surface area contributed by atoms with Crippen molar-refractivity contribution in [2.24, 2.45) is 0 Å². The number of rotatable bonds is 7. The molecule has 0 atom stereocenters. The highest BCUT2D eigenvalue weighted by molar-refractivity contribution is 14.2. The normalized spacial score (nSPS) is 14.9. The molecule has 20 heteroatoms. The summed E-state index contributed by atoms with van der Waals surface area (Å²) in [6, 6.07) is 18.6. The van der Waals surface area contributed by atoms with Crippen molar-refractivity contribution >= 4 is 42.1 Å². The number of alkyl halides is 12. The number of allylic oxidation sites excluding steroid dienone is 2. The van der Waals surface area contributed by atoms with Crippen molar-refractivity contribution in [2.45, 2.75) is 45.5 Å². The molecule has 8 rings (SSSR count). The van der Waals surface area contributed by atoms with E-state index in [2.05, 4.69) is 11.9 Å². The van der Waals surface area contributed by atoms with Gasteiger partial charge in [0.15, 0.2) is 0 Å². The molecule has 2 aliphatic heterocycles. The van der Waals surface area contributed by atoms with E-state index in [9.17, 15) is 63.2 Å². The van der Waals surface area contributed by atoms with Crippen LogP contribution in [0.2, 0.25) is 0 Å². The molecule has 5 aromatic carbocycles. The Morgan fingerprint density at radius 3 is 1.39 bits per heavy atom. The van der Waals surface area contributed by atoms with Crippen molar-refractivity contribution in [3.63, 3.8) is 0 Å². The van der Waals surface area contributed by atoms with Crippen LogP contribution in [0.4, 0.5) is 52.7 Å². The van der Waals surface area contributed by atoms with E-state index in [-0.39, 0.29) is 57.1 Å². The van der Waals surface area contributed by atoms with Crippen LogP contribution >= 0.6 is 21.0 Å². The fraction of sp³-hybridized carbons (Fsp3) is 0.180. The van der Waals surface area contributed by atoms with Crippen LogP contribution in [0, 0.1) is 43.2 Å². The second kappa shape index (κ2) is 17.5. The quantitative estimate of drug-likeness (QED) is 0.0689. The van der Waals surface area contributed by atoms with Crippen molar-refractivity contribution in [1.82, 2.24) is 7.50 Å². The molecule has 0 aliphatic carbocycles. The number of hydrogen-bond donors (Lipinski definition) is 0. The van der Waals surface area contributed by atoms with Gasteiger partial charge in [-0.3, -0.25) is 0 Å². The number of aromatic nitrogens is 1. The summed E-state index contributed by atoms with van der Waals surface area (Å²) in [5, 5.41) is 23.4. The Bertz CT molecular complexity index is 3190. The first-order chi connectivity index (χ1) is 32.7. The van der Waals surface area contributed by atoms with Gasteiger partial charge in [-0.05, 0) is 166 Å². The maximum atomic E-state index is 14.8. The minimum Gasteiger partial charge on any atom is -0.497 e. The Hall–Kier alpha value is -6.94. The smallest absolute Gasteiger partial charge is 0.416 e. The van der Waals surface area contributed by atoms with Gasteiger partial charge in [-0.15, -0.1) is 0 Å². The number of aryl methyl sites for hydroxylation is 3. The van der Waals surface area contributed by atoms with Gasteiger partial charge in [-0.1, -0.05) is 41.8 Å². The lowest BCUT2D eigenvalue weighted by molar-refractivity contribution is -0.144. The molecule has 0 bridgehead atoms.